The Hall–Kier alpha value is -0.670. The SMILES string of the molecule is CC(C)CCCCCCC(F)(F)C(=O)OCC(CCC(C)C)C(C)C. The van der Waals surface area contributed by atoms with Gasteiger partial charge in [0.1, 0.15) is 0 Å². The lowest BCUT2D eigenvalue weighted by molar-refractivity contribution is -0.175. The summed E-state index contributed by atoms with van der Waals surface area (Å²) >= 11 is 0. The molecule has 2 nitrogen and oxygen atoms in total. The second-order valence-corrected chi connectivity index (χ2v) is 8.62. The molecule has 25 heavy (non-hydrogen) atoms. The Labute approximate surface area is 154 Å². The van der Waals surface area contributed by atoms with Crippen LogP contribution in [0.25, 0.3) is 0 Å². The van der Waals surface area contributed by atoms with Crippen molar-refractivity contribution in [3.63, 3.8) is 0 Å². The van der Waals surface area contributed by atoms with Gasteiger partial charge >= 0.3 is 11.9 Å². The molecule has 0 saturated heterocycles. The minimum absolute atomic E-state index is 0.104. The van der Waals surface area contributed by atoms with Crippen molar-refractivity contribution in [1.82, 2.24) is 0 Å². The predicted molar refractivity (Wildman–Crippen MR) is 101 cm³/mol. The maximum absolute atomic E-state index is 13.9. The van der Waals surface area contributed by atoms with Crippen molar-refractivity contribution in [1.29, 1.82) is 0 Å². The van der Waals surface area contributed by atoms with E-state index in [-0.39, 0.29) is 12.5 Å². The second-order valence-electron chi connectivity index (χ2n) is 8.62. The number of ether oxygens (including phenoxy) is 1. The third kappa shape index (κ3) is 12.3. The van der Waals surface area contributed by atoms with Crippen LogP contribution in [0, 0.1) is 23.7 Å². The molecule has 0 rings (SSSR count). The Balaban J connectivity index is 4.14. The Kier molecular flexibility index (Phi) is 12.3. The summed E-state index contributed by atoms with van der Waals surface area (Å²) < 4.78 is 32.9. The van der Waals surface area contributed by atoms with E-state index in [9.17, 15) is 13.6 Å². The number of halogens is 2. The lowest BCUT2D eigenvalue weighted by Gasteiger charge is -2.23. The number of esters is 1. The normalized spacial score (nSPS) is 13.7. The Morgan fingerprint density at radius 3 is 1.92 bits per heavy atom. The molecule has 0 radical (unpaired) electrons. The minimum atomic E-state index is -3.35. The largest absolute Gasteiger partial charge is 0.461 e. The molecule has 0 amide bonds. The molecule has 0 spiro atoms. The van der Waals surface area contributed by atoms with Crippen LogP contribution < -0.4 is 0 Å². The molecule has 1 atom stereocenters. The van der Waals surface area contributed by atoms with E-state index in [1.165, 1.54) is 0 Å². The van der Waals surface area contributed by atoms with E-state index in [4.69, 9.17) is 4.74 Å². The van der Waals surface area contributed by atoms with Gasteiger partial charge in [-0.15, -0.1) is 0 Å². The molecule has 0 aliphatic rings. The van der Waals surface area contributed by atoms with Crippen molar-refractivity contribution < 1.29 is 18.3 Å². The number of carbonyl (C=O) groups excluding carboxylic acids is 1. The van der Waals surface area contributed by atoms with Crippen molar-refractivity contribution in [2.75, 3.05) is 6.61 Å². The van der Waals surface area contributed by atoms with Crippen molar-refractivity contribution in [3.8, 4) is 0 Å². The summed E-state index contributed by atoms with van der Waals surface area (Å²) in [5, 5.41) is 0. The van der Waals surface area contributed by atoms with Crippen molar-refractivity contribution >= 4 is 5.97 Å². The van der Waals surface area contributed by atoms with Gasteiger partial charge in [-0.05, 0) is 36.5 Å². The number of alkyl halides is 2. The first-order valence-electron chi connectivity index (χ1n) is 10.1. The number of hydrogen-bond acceptors (Lipinski definition) is 2. The molecule has 4 heteroatoms. The fourth-order valence-electron chi connectivity index (χ4n) is 2.80. The number of rotatable bonds is 14. The molecular weight excluding hydrogens is 322 g/mol. The highest BCUT2D eigenvalue weighted by molar-refractivity contribution is 5.77. The van der Waals surface area contributed by atoms with Crippen molar-refractivity contribution in [2.45, 2.75) is 98.8 Å². The summed E-state index contributed by atoms with van der Waals surface area (Å²) in [6.07, 6.45) is 5.81. The topological polar surface area (TPSA) is 26.3 Å². The van der Waals surface area contributed by atoms with E-state index < -0.39 is 18.3 Å². The standard InChI is InChI=1S/C21H40F2O2/c1-16(2)11-9-7-8-10-14-21(22,23)20(24)25-15-19(18(5)6)13-12-17(3)4/h16-19H,7-15H2,1-6H3. The average Bonchev–Trinajstić information content (AvgIpc) is 2.49. The van der Waals surface area contributed by atoms with E-state index in [2.05, 4.69) is 27.7 Å². The maximum atomic E-state index is 13.9. The van der Waals surface area contributed by atoms with Gasteiger partial charge < -0.3 is 4.74 Å². The van der Waals surface area contributed by atoms with E-state index in [0.717, 1.165) is 38.5 Å². The first kappa shape index (κ1) is 24.3. The third-order valence-electron chi connectivity index (χ3n) is 4.81. The van der Waals surface area contributed by atoms with E-state index >= 15 is 0 Å². The molecule has 0 fully saturated rings. The number of carbonyl (C=O) groups is 1. The van der Waals surface area contributed by atoms with Gasteiger partial charge in [0.15, 0.2) is 0 Å². The van der Waals surface area contributed by atoms with Crippen LogP contribution in [-0.2, 0) is 9.53 Å². The lowest BCUT2D eigenvalue weighted by Crippen LogP contribution is -2.33. The molecular formula is C21H40F2O2. The van der Waals surface area contributed by atoms with Gasteiger partial charge in [0.25, 0.3) is 0 Å². The van der Waals surface area contributed by atoms with Crippen LogP contribution >= 0.6 is 0 Å². The van der Waals surface area contributed by atoms with Gasteiger partial charge in [-0.1, -0.05) is 73.6 Å². The molecule has 0 aliphatic heterocycles. The maximum Gasteiger partial charge on any atom is 0.376 e. The van der Waals surface area contributed by atoms with Crippen LogP contribution in [0.4, 0.5) is 8.78 Å². The molecule has 1 unspecified atom stereocenters. The molecule has 0 aromatic rings. The van der Waals surface area contributed by atoms with E-state index in [1.54, 1.807) is 0 Å². The number of hydrogen-bond donors (Lipinski definition) is 0. The van der Waals surface area contributed by atoms with Gasteiger partial charge in [0.2, 0.25) is 0 Å². The third-order valence-corrected chi connectivity index (χ3v) is 4.81. The fraction of sp³-hybridized carbons (Fsp3) is 0.952. The van der Waals surface area contributed by atoms with Crippen molar-refractivity contribution in [2.24, 2.45) is 23.7 Å². The van der Waals surface area contributed by atoms with Crippen LogP contribution in [0.2, 0.25) is 0 Å². The zero-order chi connectivity index (χ0) is 19.5. The molecule has 150 valence electrons. The summed E-state index contributed by atoms with van der Waals surface area (Å²) in [6.45, 7) is 12.8. The van der Waals surface area contributed by atoms with Gasteiger partial charge in [-0.25, -0.2) is 4.79 Å². The smallest absolute Gasteiger partial charge is 0.376 e. The lowest BCUT2D eigenvalue weighted by atomic mass is 9.89. The molecule has 0 heterocycles. The first-order valence-corrected chi connectivity index (χ1v) is 10.1. The molecule has 0 bridgehead atoms. The summed E-state index contributed by atoms with van der Waals surface area (Å²) in [5.41, 5.74) is 0. The summed E-state index contributed by atoms with van der Waals surface area (Å²) in [7, 11) is 0. The molecule has 0 N–H and O–H groups in total. The highest BCUT2D eigenvalue weighted by Crippen LogP contribution is 2.26. The second kappa shape index (κ2) is 12.6. The van der Waals surface area contributed by atoms with Gasteiger partial charge in [0.05, 0.1) is 6.61 Å². The van der Waals surface area contributed by atoms with Gasteiger partial charge in [-0.2, -0.15) is 8.78 Å². The average molecular weight is 363 g/mol. The summed E-state index contributed by atoms with van der Waals surface area (Å²) in [5.74, 6) is -3.00. The zero-order valence-corrected chi connectivity index (χ0v) is 17.2. The molecule has 0 aromatic carbocycles. The van der Waals surface area contributed by atoms with Crippen LogP contribution in [0.3, 0.4) is 0 Å². The van der Waals surface area contributed by atoms with Gasteiger partial charge in [-0.3, -0.25) is 0 Å². The quantitative estimate of drug-likeness (QED) is 0.249. The zero-order valence-electron chi connectivity index (χ0n) is 17.2. The minimum Gasteiger partial charge on any atom is -0.461 e. The van der Waals surface area contributed by atoms with Crippen LogP contribution in [-0.4, -0.2) is 18.5 Å². The molecule has 0 aromatic heterocycles. The van der Waals surface area contributed by atoms with Crippen LogP contribution in [0.1, 0.15) is 92.9 Å². The monoisotopic (exact) mass is 362 g/mol. The fourth-order valence-corrected chi connectivity index (χ4v) is 2.80. The molecule has 0 aliphatic carbocycles. The summed E-state index contributed by atoms with van der Waals surface area (Å²) in [4.78, 5) is 11.8. The summed E-state index contributed by atoms with van der Waals surface area (Å²) in [6, 6.07) is 0. The Morgan fingerprint density at radius 2 is 1.40 bits per heavy atom. The van der Waals surface area contributed by atoms with Crippen molar-refractivity contribution in [3.05, 3.63) is 0 Å². The first-order chi connectivity index (χ1) is 11.6. The number of unbranched alkanes of at least 4 members (excludes halogenated alkanes) is 3. The highest BCUT2D eigenvalue weighted by Gasteiger charge is 2.40. The van der Waals surface area contributed by atoms with Crippen LogP contribution in [0.5, 0.6) is 0 Å². The van der Waals surface area contributed by atoms with Gasteiger partial charge in [0, 0.05) is 6.42 Å². The predicted octanol–water partition coefficient (Wildman–Crippen LogP) is 6.87. The highest BCUT2D eigenvalue weighted by atomic mass is 19.3. The van der Waals surface area contributed by atoms with E-state index in [0.29, 0.717) is 24.2 Å². The Morgan fingerprint density at radius 1 is 0.840 bits per heavy atom. The Bertz CT molecular complexity index is 352. The van der Waals surface area contributed by atoms with Crippen LogP contribution in [0.15, 0.2) is 0 Å². The van der Waals surface area contributed by atoms with E-state index in [1.807, 2.05) is 13.8 Å². The molecule has 0 saturated carbocycles.